The van der Waals surface area contributed by atoms with Crippen LogP contribution >= 0.6 is 0 Å². The number of hydrogen-bond acceptors (Lipinski definition) is 4. The molecule has 1 fully saturated rings. The molecule has 2 heterocycles. The van der Waals surface area contributed by atoms with Crippen molar-refractivity contribution in [3.05, 3.63) is 23.8 Å². The van der Waals surface area contributed by atoms with E-state index in [9.17, 15) is 0 Å². The van der Waals surface area contributed by atoms with Crippen molar-refractivity contribution < 1.29 is 14.2 Å². The largest absolute Gasteiger partial charge is 0.486 e. The van der Waals surface area contributed by atoms with Crippen LogP contribution in [-0.4, -0.2) is 32.9 Å². The SMILES string of the molecule is CCC1(CC)CNCC(c2ccc3c(c2)OCCO3)OC1. The van der Waals surface area contributed by atoms with Gasteiger partial charge in [-0.2, -0.15) is 0 Å². The normalized spacial score (nSPS) is 24.4. The fraction of sp³-hybridized carbons (Fsp3) is 0.647. The third-order valence-electron chi connectivity index (χ3n) is 4.86. The third-order valence-corrected chi connectivity index (χ3v) is 4.86. The van der Waals surface area contributed by atoms with E-state index in [1.165, 1.54) is 0 Å². The summed E-state index contributed by atoms with van der Waals surface area (Å²) in [7, 11) is 0. The first-order chi connectivity index (χ1) is 10.3. The van der Waals surface area contributed by atoms with Crippen LogP contribution in [0.25, 0.3) is 0 Å². The molecule has 0 aromatic heterocycles. The van der Waals surface area contributed by atoms with Crippen LogP contribution in [0, 0.1) is 5.41 Å². The van der Waals surface area contributed by atoms with Gasteiger partial charge in [0.1, 0.15) is 13.2 Å². The molecular weight excluding hydrogens is 266 g/mol. The lowest BCUT2D eigenvalue weighted by Gasteiger charge is -2.29. The molecule has 1 aromatic rings. The lowest BCUT2D eigenvalue weighted by molar-refractivity contribution is 0.0101. The highest BCUT2D eigenvalue weighted by atomic mass is 16.6. The number of rotatable bonds is 3. The lowest BCUT2D eigenvalue weighted by Crippen LogP contribution is -2.34. The topological polar surface area (TPSA) is 39.7 Å². The summed E-state index contributed by atoms with van der Waals surface area (Å²) in [6.07, 6.45) is 2.37. The van der Waals surface area contributed by atoms with Gasteiger partial charge in [-0.3, -0.25) is 0 Å². The fourth-order valence-corrected chi connectivity index (χ4v) is 3.03. The van der Waals surface area contributed by atoms with Crippen molar-refractivity contribution in [1.29, 1.82) is 0 Å². The number of ether oxygens (including phenoxy) is 3. The number of nitrogens with one attached hydrogen (secondary N) is 1. The summed E-state index contributed by atoms with van der Waals surface area (Å²) in [5, 5.41) is 3.57. The molecule has 0 spiro atoms. The van der Waals surface area contributed by atoms with Gasteiger partial charge in [-0.1, -0.05) is 19.9 Å². The van der Waals surface area contributed by atoms with Crippen LogP contribution in [-0.2, 0) is 4.74 Å². The minimum absolute atomic E-state index is 0.0841. The van der Waals surface area contributed by atoms with E-state index in [1.54, 1.807) is 0 Å². The van der Waals surface area contributed by atoms with Gasteiger partial charge in [0, 0.05) is 18.5 Å². The van der Waals surface area contributed by atoms with Gasteiger partial charge in [-0.15, -0.1) is 0 Å². The first-order valence-corrected chi connectivity index (χ1v) is 7.98. The molecule has 1 saturated heterocycles. The molecule has 1 aromatic carbocycles. The van der Waals surface area contributed by atoms with Gasteiger partial charge in [-0.05, 0) is 30.5 Å². The minimum Gasteiger partial charge on any atom is -0.486 e. The second-order valence-electron chi connectivity index (χ2n) is 6.04. The van der Waals surface area contributed by atoms with Crippen LogP contribution in [0.2, 0.25) is 0 Å². The molecule has 4 heteroatoms. The predicted octanol–water partition coefficient (Wildman–Crippen LogP) is 2.93. The molecule has 0 radical (unpaired) electrons. The highest BCUT2D eigenvalue weighted by Gasteiger charge is 2.31. The van der Waals surface area contributed by atoms with Crippen molar-refractivity contribution in [3.8, 4) is 11.5 Å². The van der Waals surface area contributed by atoms with E-state index in [0.717, 1.165) is 49.6 Å². The van der Waals surface area contributed by atoms with E-state index in [0.29, 0.717) is 13.2 Å². The van der Waals surface area contributed by atoms with Crippen LogP contribution in [0.4, 0.5) is 0 Å². The van der Waals surface area contributed by atoms with Crippen molar-refractivity contribution in [2.24, 2.45) is 5.41 Å². The maximum Gasteiger partial charge on any atom is 0.161 e. The van der Waals surface area contributed by atoms with Gasteiger partial charge in [0.05, 0.1) is 12.7 Å². The van der Waals surface area contributed by atoms with Crippen LogP contribution in [0.1, 0.15) is 38.4 Å². The first-order valence-electron chi connectivity index (χ1n) is 7.98. The van der Waals surface area contributed by atoms with Gasteiger partial charge in [0.25, 0.3) is 0 Å². The monoisotopic (exact) mass is 291 g/mol. The highest BCUT2D eigenvalue weighted by Crippen LogP contribution is 2.36. The maximum absolute atomic E-state index is 6.22. The summed E-state index contributed by atoms with van der Waals surface area (Å²) in [6, 6.07) is 6.14. The molecule has 1 atom stereocenters. The Kier molecular flexibility index (Phi) is 4.36. The second-order valence-corrected chi connectivity index (χ2v) is 6.04. The van der Waals surface area contributed by atoms with Crippen molar-refractivity contribution >= 4 is 0 Å². The van der Waals surface area contributed by atoms with Crippen LogP contribution in [0.5, 0.6) is 11.5 Å². The molecule has 3 rings (SSSR count). The molecule has 0 amide bonds. The Morgan fingerprint density at radius 2 is 1.90 bits per heavy atom. The zero-order chi connectivity index (χ0) is 14.7. The van der Waals surface area contributed by atoms with Gasteiger partial charge in [0.15, 0.2) is 11.5 Å². The smallest absolute Gasteiger partial charge is 0.161 e. The molecule has 0 saturated carbocycles. The summed E-state index contributed by atoms with van der Waals surface area (Å²) < 4.78 is 17.5. The van der Waals surface area contributed by atoms with E-state index in [4.69, 9.17) is 14.2 Å². The Hall–Kier alpha value is -1.26. The molecule has 4 nitrogen and oxygen atoms in total. The molecule has 0 aliphatic carbocycles. The number of hydrogen-bond donors (Lipinski definition) is 1. The molecular formula is C17H25NO3. The quantitative estimate of drug-likeness (QED) is 0.929. The summed E-state index contributed by atoms with van der Waals surface area (Å²) in [5.74, 6) is 1.67. The zero-order valence-electron chi connectivity index (χ0n) is 13.0. The summed E-state index contributed by atoms with van der Waals surface area (Å²) >= 11 is 0. The van der Waals surface area contributed by atoms with Crippen LogP contribution in [0.15, 0.2) is 18.2 Å². The minimum atomic E-state index is 0.0841. The Morgan fingerprint density at radius 1 is 1.14 bits per heavy atom. The van der Waals surface area contributed by atoms with Crippen molar-refractivity contribution in [2.45, 2.75) is 32.8 Å². The number of fused-ring (bicyclic) bond motifs is 1. The van der Waals surface area contributed by atoms with E-state index in [1.807, 2.05) is 6.07 Å². The molecule has 1 N–H and O–H groups in total. The van der Waals surface area contributed by atoms with Crippen molar-refractivity contribution in [2.75, 3.05) is 32.9 Å². The maximum atomic E-state index is 6.22. The average molecular weight is 291 g/mol. The van der Waals surface area contributed by atoms with E-state index >= 15 is 0 Å². The van der Waals surface area contributed by atoms with Gasteiger partial charge < -0.3 is 19.5 Å². The average Bonchev–Trinajstić information content (AvgIpc) is 2.77. The first kappa shape index (κ1) is 14.7. The number of benzene rings is 1. The van der Waals surface area contributed by atoms with E-state index in [2.05, 4.69) is 31.3 Å². The van der Waals surface area contributed by atoms with E-state index < -0.39 is 0 Å². The Morgan fingerprint density at radius 3 is 2.67 bits per heavy atom. The molecule has 21 heavy (non-hydrogen) atoms. The Bertz CT molecular complexity index is 485. The molecule has 116 valence electrons. The predicted molar refractivity (Wildman–Crippen MR) is 82.0 cm³/mol. The Balaban J connectivity index is 1.75. The molecule has 2 aliphatic rings. The molecule has 1 unspecified atom stereocenters. The van der Waals surface area contributed by atoms with Crippen molar-refractivity contribution in [3.63, 3.8) is 0 Å². The Labute approximate surface area is 126 Å². The van der Waals surface area contributed by atoms with Crippen molar-refractivity contribution in [1.82, 2.24) is 5.32 Å². The van der Waals surface area contributed by atoms with E-state index in [-0.39, 0.29) is 11.5 Å². The highest BCUT2D eigenvalue weighted by molar-refractivity contribution is 5.44. The summed E-state index contributed by atoms with van der Waals surface area (Å²) in [6.45, 7) is 8.44. The van der Waals surface area contributed by atoms with Gasteiger partial charge in [0.2, 0.25) is 0 Å². The summed E-state index contributed by atoms with van der Waals surface area (Å²) in [5.41, 5.74) is 1.43. The van der Waals surface area contributed by atoms with Gasteiger partial charge in [-0.25, -0.2) is 0 Å². The molecule has 2 aliphatic heterocycles. The van der Waals surface area contributed by atoms with Crippen LogP contribution < -0.4 is 14.8 Å². The molecule has 0 bridgehead atoms. The van der Waals surface area contributed by atoms with Crippen LogP contribution in [0.3, 0.4) is 0 Å². The zero-order valence-corrected chi connectivity index (χ0v) is 13.0. The summed E-state index contributed by atoms with van der Waals surface area (Å²) in [4.78, 5) is 0. The third kappa shape index (κ3) is 3.01. The lowest BCUT2D eigenvalue weighted by atomic mass is 9.83. The standard InChI is InChI=1S/C17H25NO3/c1-3-17(4-2)11-18-10-16(21-12-17)13-5-6-14-15(9-13)20-8-7-19-14/h5-6,9,16,18H,3-4,7-8,10-12H2,1-2H3. The van der Waals surface area contributed by atoms with Gasteiger partial charge >= 0.3 is 0 Å². The second kappa shape index (κ2) is 6.24. The fourth-order valence-electron chi connectivity index (χ4n) is 3.03.